The smallest absolute Gasteiger partial charge is 0.330 e. The fraction of sp³-hybridized carbons (Fsp3) is 0.308. The van der Waals surface area contributed by atoms with Gasteiger partial charge in [0, 0.05) is 11.5 Å². The summed E-state index contributed by atoms with van der Waals surface area (Å²) < 4.78 is 25.1. The van der Waals surface area contributed by atoms with E-state index in [1.165, 1.54) is 12.1 Å². The predicted octanol–water partition coefficient (Wildman–Crippen LogP) is 3.39. The van der Waals surface area contributed by atoms with Crippen molar-refractivity contribution in [1.29, 1.82) is 0 Å². The van der Waals surface area contributed by atoms with Crippen LogP contribution in [-0.4, -0.2) is 28.1 Å². The Morgan fingerprint density at radius 3 is 2.52 bits per heavy atom. The van der Waals surface area contributed by atoms with E-state index < -0.39 is 5.82 Å². The van der Waals surface area contributed by atoms with Crippen molar-refractivity contribution in [3.8, 4) is 17.8 Å². The van der Waals surface area contributed by atoms with Crippen LogP contribution in [0.3, 0.4) is 0 Å². The van der Waals surface area contributed by atoms with Crippen LogP contribution < -0.4 is 14.8 Å². The largest absolute Gasteiger partial charge is 0.461 e. The summed E-state index contributed by atoms with van der Waals surface area (Å²) in [6.45, 7) is 3.69. The third kappa shape index (κ3) is 4.25. The van der Waals surface area contributed by atoms with Crippen LogP contribution >= 0.6 is 15.9 Å². The second-order valence-corrected chi connectivity index (χ2v) is 5.23. The standard InChI is InChI=1S/C13H14BrFN4O2/c1-7(2)20-12-17-11(16-3)18-13(19-12)21-10-5-4-8(14)6-9(10)15/h4-7H,1-3H3,(H,16,17,18,19). The van der Waals surface area contributed by atoms with E-state index in [9.17, 15) is 4.39 Å². The lowest BCUT2D eigenvalue weighted by atomic mass is 10.3. The van der Waals surface area contributed by atoms with Crippen molar-refractivity contribution in [2.24, 2.45) is 0 Å². The molecule has 0 aliphatic carbocycles. The summed E-state index contributed by atoms with van der Waals surface area (Å²) in [5, 5.41) is 2.77. The normalized spacial score (nSPS) is 10.6. The second-order valence-electron chi connectivity index (χ2n) is 4.32. The minimum absolute atomic E-state index is 0.0157. The van der Waals surface area contributed by atoms with E-state index >= 15 is 0 Å². The van der Waals surface area contributed by atoms with Crippen LogP contribution in [-0.2, 0) is 0 Å². The number of hydrogen-bond acceptors (Lipinski definition) is 6. The van der Waals surface area contributed by atoms with Crippen molar-refractivity contribution in [3.05, 3.63) is 28.5 Å². The molecule has 1 aromatic heterocycles. The molecule has 112 valence electrons. The minimum atomic E-state index is -0.526. The Morgan fingerprint density at radius 2 is 1.90 bits per heavy atom. The molecule has 21 heavy (non-hydrogen) atoms. The van der Waals surface area contributed by atoms with Crippen molar-refractivity contribution in [2.45, 2.75) is 20.0 Å². The van der Waals surface area contributed by atoms with Crippen molar-refractivity contribution in [1.82, 2.24) is 15.0 Å². The van der Waals surface area contributed by atoms with Gasteiger partial charge in [0.05, 0.1) is 6.10 Å². The quantitative estimate of drug-likeness (QED) is 0.885. The third-order valence-corrected chi connectivity index (χ3v) is 2.75. The van der Waals surface area contributed by atoms with E-state index in [-0.39, 0.29) is 29.8 Å². The Bertz CT molecular complexity index is 640. The molecule has 0 bridgehead atoms. The predicted molar refractivity (Wildman–Crippen MR) is 79.3 cm³/mol. The summed E-state index contributed by atoms with van der Waals surface area (Å²) in [6.07, 6.45) is -0.102. The number of hydrogen-bond donors (Lipinski definition) is 1. The number of nitrogens with zero attached hydrogens (tertiary/aromatic N) is 3. The van der Waals surface area contributed by atoms with Gasteiger partial charge in [0.15, 0.2) is 11.6 Å². The van der Waals surface area contributed by atoms with Gasteiger partial charge in [0.2, 0.25) is 5.95 Å². The number of benzene rings is 1. The van der Waals surface area contributed by atoms with Crippen LogP contribution in [0.4, 0.5) is 10.3 Å². The Balaban J connectivity index is 2.29. The van der Waals surface area contributed by atoms with Gasteiger partial charge in [-0.2, -0.15) is 9.97 Å². The number of nitrogens with one attached hydrogen (secondary N) is 1. The van der Waals surface area contributed by atoms with Crippen LogP contribution in [0.2, 0.25) is 0 Å². The van der Waals surface area contributed by atoms with Gasteiger partial charge in [-0.05, 0) is 32.0 Å². The summed E-state index contributed by atoms with van der Waals surface area (Å²) in [5.41, 5.74) is 0. The summed E-state index contributed by atoms with van der Waals surface area (Å²) >= 11 is 3.18. The Hall–Kier alpha value is -1.96. The van der Waals surface area contributed by atoms with E-state index in [4.69, 9.17) is 9.47 Å². The first-order valence-corrected chi connectivity index (χ1v) is 7.00. The molecular weight excluding hydrogens is 343 g/mol. The van der Waals surface area contributed by atoms with Gasteiger partial charge in [0.25, 0.3) is 0 Å². The Morgan fingerprint density at radius 1 is 1.19 bits per heavy atom. The molecule has 0 aliphatic heterocycles. The lowest BCUT2D eigenvalue weighted by Gasteiger charge is -2.10. The zero-order chi connectivity index (χ0) is 15.4. The average Bonchev–Trinajstić information content (AvgIpc) is 2.41. The first-order chi connectivity index (χ1) is 9.97. The molecule has 1 aromatic carbocycles. The molecule has 0 spiro atoms. The summed E-state index contributed by atoms with van der Waals surface area (Å²) in [5.74, 6) is -0.239. The summed E-state index contributed by atoms with van der Waals surface area (Å²) in [7, 11) is 1.65. The molecule has 0 unspecified atom stereocenters. The van der Waals surface area contributed by atoms with Crippen molar-refractivity contribution < 1.29 is 13.9 Å². The molecule has 2 aromatic rings. The van der Waals surface area contributed by atoms with Crippen LogP contribution in [0.5, 0.6) is 17.8 Å². The molecule has 0 saturated heterocycles. The molecule has 0 fully saturated rings. The number of aromatic nitrogens is 3. The van der Waals surface area contributed by atoms with Gasteiger partial charge in [-0.25, -0.2) is 4.39 Å². The molecule has 8 heteroatoms. The number of rotatable bonds is 5. The van der Waals surface area contributed by atoms with E-state index in [0.29, 0.717) is 4.47 Å². The van der Waals surface area contributed by atoms with Crippen LogP contribution in [0.25, 0.3) is 0 Å². The molecule has 0 aliphatic rings. The molecule has 0 amide bonds. The Kier molecular flexibility index (Phi) is 4.89. The number of ether oxygens (including phenoxy) is 2. The van der Waals surface area contributed by atoms with Gasteiger partial charge in [-0.3, -0.25) is 0 Å². The molecule has 1 N–H and O–H groups in total. The van der Waals surface area contributed by atoms with Crippen LogP contribution in [0.15, 0.2) is 22.7 Å². The van der Waals surface area contributed by atoms with Crippen LogP contribution in [0, 0.1) is 5.82 Å². The third-order valence-electron chi connectivity index (χ3n) is 2.25. The van der Waals surface area contributed by atoms with Gasteiger partial charge in [-0.1, -0.05) is 15.9 Å². The zero-order valence-electron chi connectivity index (χ0n) is 11.7. The highest BCUT2D eigenvalue weighted by Crippen LogP contribution is 2.26. The lowest BCUT2D eigenvalue weighted by molar-refractivity contribution is 0.218. The molecule has 0 atom stereocenters. The first kappa shape index (κ1) is 15.4. The molecule has 0 radical (unpaired) electrons. The lowest BCUT2D eigenvalue weighted by Crippen LogP contribution is -2.11. The van der Waals surface area contributed by atoms with Gasteiger partial charge in [-0.15, -0.1) is 4.98 Å². The molecule has 2 rings (SSSR count). The van der Waals surface area contributed by atoms with Gasteiger partial charge in [0.1, 0.15) is 0 Å². The molecular formula is C13H14BrFN4O2. The summed E-state index contributed by atoms with van der Waals surface area (Å²) in [4.78, 5) is 12.0. The van der Waals surface area contributed by atoms with Crippen molar-refractivity contribution in [2.75, 3.05) is 12.4 Å². The zero-order valence-corrected chi connectivity index (χ0v) is 13.3. The number of anilines is 1. The SMILES string of the molecule is CNc1nc(Oc2ccc(Br)cc2F)nc(OC(C)C)n1. The summed E-state index contributed by atoms with van der Waals surface area (Å²) in [6, 6.07) is 4.49. The van der Waals surface area contributed by atoms with E-state index in [1.807, 2.05) is 13.8 Å². The highest BCUT2D eigenvalue weighted by molar-refractivity contribution is 9.10. The monoisotopic (exact) mass is 356 g/mol. The molecule has 1 heterocycles. The highest BCUT2D eigenvalue weighted by Gasteiger charge is 2.12. The molecule has 6 nitrogen and oxygen atoms in total. The van der Waals surface area contributed by atoms with E-state index in [1.54, 1.807) is 13.1 Å². The second kappa shape index (κ2) is 6.66. The van der Waals surface area contributed by atoms with E-state index in [0.717, 1.165) is 0 Å². The highest BCUT2D eigenvalue weighted by atomic mass is 79.9. The Labute approximate surface area is 129 Å². The maximum Gasteiger partial charge on any atom is 0.330 e. The van der Waals surface area contributed by atoms with Crippen molar-refractivity contribution >= 4 is 21.9 Å². The first-order valence-electron chi connectivity index (χ1n) is 6.21. The average molecular weight is 357 g/mol. The minimum Gasteiger partial charge on any atom is -0.461 e. The van der Waals surface area contributed by atoms with E-state index in [2.05, 4.69) is 36.2 Å². The fourth-order valence-electron chi connectivity index (χ4n) is 1.42. The maximum atomic E-state index is 13.8. The number of halogens is 2. The molecule has 0 saturated carbocycles. The maximum absolute atomic E-state index is 13.8. The van der Waals surface area contributed by atoms with Gasteiger partial charge < -0.3 is 14.8 Å². The topological polar surface area (TPSA) is 69.2 Å². The fourth-order valence-corrected chi connectivity index (χ4v) is 1.75. The van der Waals surface area contributed by atoms with Gasteiger partial charge >= 0.3 is 12.0 Å². The van der Waals surface area contributed by atoms with Crippen molar-refractivity contribution in [3.63, 3.8) is 0 Å². The van der Waals surface area contributed by atoms with Crippen LogP contribution in [0.1, 0.15) is 13.8 Å².